The molecular weight excluding hydrogens is 292 g/mol. The summed E-state index contributed by atoms with van der Waals surface area (Å²) < 4.78 is 5.38. The highest BCUT2D eigenvalue weighted by Gasteiger charge is 2.43. The van der Waals surface area contributed by atoms with Gasteiger partial charge in [0.25, 0.3) is 0 Å². The Labute approximate surface area is 137 Å². The standard InChI is InChI=1S/C17H28N4O2/c1-17(2,3)23-16(22)20-14-8-11-4-5-12(9-14)15(11)18-10-13-6-7-19-21-13/h6-7,11-12,14-15,18H,4-5,8-10H2,1-3H3,(H,19,21)(H,20,22). The quantitative estimate of drug-likeness (QED) is 0.797. The highest BCUT2D eigenvalue weighted by Crippen LogP contribution is 2.42. The van der Waals surface area contributed by atoms with Crippen LogP contribution in [0.3, 0.4) is 0 Å². The van der Waals surface area contributed by atoms with Crippen molar-refractivity contribution in [3.63, 3.8) is 0 Å². The lowest BCUT2D eigenvalue weighted by atomic mass is 9.81. The maximum atomic E-state index is 12.0. The molecule has 3 rings (SSSR count). The number of aromatic nitrogens is 2. The van der Waals surface area contributed by atoms with Crippen molar-refractivity contribution in [1.29, 1.82) is 0 Å². The molecule has 1 amide bonds. The summed E-state index contributed by atoms with van der Waals surface area (Å²) in [7, 11) is 0. The fourth-order valence-electron chi connectivity index (χ4n) is 4.06. The van der Waals surface area contributed by atoms with Crippen molar-refractivity contribution in [2.75, 3.05) is 0 Å². The van der Waals surface area contributed by atoms with Gasteiger partial charge in [-0.3, -0.25) is 5.10 Å². The number of nitrogens with zero attached hydrogens (tertiary/aromatic N) is 1. The minimum absolute atomic E-state index is 0.243. The van der Waals surface area contributed by atoms with E-state index in [1.165, 1.54) is 12.8 Å². The summed E-state index contributed by atoms with van der Waals surface area (Å²) in [5, 5.41) is 13.7. The monoisotopic (exact) mass is 320 g/mol. The molecule has 2 fully saturated rings. The molecule has 6 nitrogen and oxygen atoms in total. The molecule has 1 heterocycles. The van der Waals surface area contributed by atoms with Crippen LogP contribution in [0.2, 0.25) is 0 Å². The Hall–Kier alpha value is -1.56. The Bertz CT molecular complexity index is 509. The Morgan fingerprint density at radius 3 is 2.61 bits per heavy atom. The number of aromatic amines is 1. The number of rotatable bonds is 4. The lowest BCUT2D eigenvalue weighted by Gasteiger charge is -2.36. The third kappa shape index (κ3) is 4.25. The number of carbonyl (C=O) groups is 1. The van der Waals surface area contributed by atoms with Crippen LogP contribution in [0.15, 0.2) is 12.3 Å². The molecule has 1 aromatic heterocycles. The number of H-pyrrole nitrogens is 1. The molecule has 2 atom stereocenters. The first-order valence-electron chi connectivity index (χ1n) is 8.62. The molecule has 2 aliphatic carbocycles. The minimum Gasteiger partial charge on any atom is -0.444 e. The lowest BCUT2D eigenvalue weighted by molar-refractivity contribution is 0.0474. The zero-order valence-electron chi connectivity index (χ0n) is 14.3. The van der Waals surface area contributed by atoms with Gasteiger partial charge in [0.1, 0.15) is 5.60 Å². The van der Waals surface area contributed by atoms with Crippen LogP contribution in [0.4, 0.5) is 4.79 Å². The predicted molar refractivity (Wildman–Crippen MR) is 87.8 cm³/mol. The zero-order valence-corrected chi connectivity index (χ0v) is 14.3. The van der Waals surface area contributed by atoms with Crippen molar-refractivity contribution in [2.45, 2.75) is 70.7 Å². The molecular formula is C17H28N4O2. The van der Waals surface area contributed by atoms with E-state index in [-0.39, 0.29) is 12.1 Å². The second kappa shape index (κ2) is 6.51. The highest BCUT2D eigenvalue weighted by atomic mass is 16.6. The van der Waals surface area contributed by atoms with Gasteiger partial charge in [0, 0.05) is 30.5 Å². The number of fused-ring (bicyclic) bond motifs is 2. The zero-order chi connectivity index (χ0) is 16.4. The van der Waals surface area contributed by atoms with Crippen LogP contribution in [0.1, 0.15) is 52.1 Å². The number of nitrogens with one attached hydrogen (secondary N) is 3. The van der Waals surface area contributed by atoms with Crippen LogP contribution in [0.25, 0.3) is 0 Å². The van der Waals surface area contributed by atoms with Crippen molar-refractivity contribution >= 4 is 6.09 Å². The molecule has 0 aliphatic heterocycles. The van der Waals surface area contributed by atoms with Crippen LogP contribution in [-0.2, 0) is 11.3 Å². The first-order chi connectivity index (χ1) is 10.9. The molecule has 0 spiro atoms. The fourth-order valence-corrected chi connectivity index (χ4v) is 4.06. The lowest BCUT2D eigenvalue weighted by Crippen LogP contribution is -2.49. The second-order valence-corrected chi connectivity index (χ2v) is 7.90. The number of ether oxygens (including phenoxy) is 1. The summed E-state index contributed by atoms with van der Waals surface area (Å²) in [5.41, 5.74) is 0.685. The summed E-state index contributed by atoms with van der Waals surface area (Å²) >= 11 is 0. The van der Waals surface area contributed by atoms with Gasteiger partial charge < -0.3 is 15.4 Å². The summed E-state index contributed by atoms with van der Waals surface area (Å²) in [6.07, 6.45) is 6.07. The SMILES string of the molecule is CC(C)(C)OC(=O)NC1CC2CCC(C1)C2NCc1ccn[nH]1. The Morgan fingerprint density at radius 2 is 2.04 bits per heavy atom. The van der Waals surface area contributed by atoms with Crippen LogP contribution in [0.5, 0.6) is 0 Å². The van der Waals surface area contributed by atoms with Gasteiger partial charge in [-0.2, -0.15) is 5.10 Å². The Balaban J connectivity index is 1.49. The number of hydrogen-bond donors (Lipinski definition) is 3. The average Bonchev–Trinajstić information content (AvgIpc) is 3.01. The van der Waals surface area contributed by atoms with Gasteiger partial charge in [0.2, 0.25) is 0 Å². The van der Waals surface area contributed by atoms with E-state index in [9.17, 15) is 4.79 Å². The Kier molecular flexibility index (Phi) is 4.62. The molecule has 0 aromatic carbocycles. The smallest absolute Gasteiger partial charge is 0.407 e. The van der Waals surface area contributed by atoms with Crippen molar-refractivity contribution in [3.05, 3.63) is 18.0 Å². The van der Waals surface area contributed by atoms with Crippen LogP contribution < -0.4 is 10.6 Å². The molecule has 6 heteroatoms. The van der Waals surface area contributed by atoms with E-state index in [1.807, 2.05) is 26.8 Å². The molecule has 128 valence electrons. The van der Waals surface area contributed by atoms with E-state index >= 15 is 0 Å². The van der Waals surface area contributed by atoms with Gasteiger partial charge >= 0.3 is 6.09 Å². The van der Waals surface area contributed by atoms with E-state index < -0.39 is 5.60 Å². The van der Waals surface area contributed by atoms with Crippen LogP contribution >= 0.6 is 0 Å². The van der Waals surface area contributed by atoms with E-state index in [0.717, 1.165) is 25.1 Å². The van der Waals surface area contributed by atoms with Gasteiger partial charge in [-0.25, -0.2) is 4.79 Å². The van der Waals surface area contributed by atoms with E-state index in [2.05, 4.69) is 20.8 Å². The fraction of sp³-hybridized carbons (Fsp3) is 0.765. The third-order valence-corrected chi connectivity index (χ3v) is 4.91. The summed E-state index contributed by atoms with van der Waals surface area (Å²) in [4.78, 5) is 12.0. The summed E-state index contributed by atoms with van der Waals surface area (Å²) in [5.74, 6) is 1.27. The molecule has 2 bridgehead atoms. The maximum Gasteiger partial charge on any atom is 0.407 e. The number of alkyl carbamates (subject to hydrolysis) is 1. The van der Waals surface area contributed by atoms with Gasteiger partial charge in [0.05, 0.1) is 0 Å². The first kappa shape index (κ1) is 16.3. The molecule has 2 aliphatic rings. The number of carbonyl (C=O) groups excluding carboxylic acids is 1. The van der Waals surface area contributed by atoms with E-state index in [4.69, 9.17) is 4.74 Å². The topological polar surface area (TPSA) is 79.0 Å². The minimum atomic E-state index is -0.439. The molecule has 3 N–H and O–H groups in total. The molecule has 1 aromatic rings. The van der Waals surface area contributed by atoms with Gasteiger partial charge in [-0.1, -0.05) is 0 Å². The third-order valence-electron chi connectivity index (χ3n) is 4.91. The van der Waals surface area contributed by atoms with Crippen molar-refractivity contribution in [3.8, 4) is 0 Å². The largest absolute Gasteiger partial charge is 0.444 e. The number of amides is 1. The second-order valence-electron chi connectivity index (χ2n) is 7.90. The maximum absolute atomic E-state index is 12.0. The van der Waals surface area contributed by atoms with Gasteiger partial charge in [-0.15, -0.1) is 0 Å². The van der Waals surface area contributed by atoms with E-state index in [1.54, 1.807) is 6.20 Å². The van der Waals surface area contributed by atoms with Crippen molar-refractivity contribution in [2.24, 2.45) is 11.8 Å². The molecule has 0 radical (unpaired) electrons. The summed E-state index contributed by atoms with van der Waals surface area (Å²) in [6.45, 7) is 6.52. The summed E-state index contributed by atoms with van der Waals surface area (Å²) in [6, 6.07) is 2.80. The van der Waals surface area contributed by atoms with Crippen molar-refractivity contribution in [1.82, 2.24) is 20.8 Å². The van der Waals surface area contributed by atoms with Crippen LogP contribution in [0, 0.1) is 11.8 Å². The van der Waals surface area contributed by atoms with Crippen molar-refractivity contribution < 1.29 is 9.53 Å². The predicted octanol–water partition coefficient (Wildman–Crippen LogP) is 2.58. The normalized spacial score (nSPS) is 30.2. The van der Waals surface area contributed by atoms with E-state index in [0.29, 0.717) is 17.9 Å². The highest BCUT2D eigenvalue weighted by molar-refractivity contribution is 5.68. The molecule has 2 unspecified atom stereocenters. The average molecular weight is 320 g/mol. The molecule has 23 heavy (non-hydrogen) atoms. The van der Waals surface area contributed by atoms with Gasteiger partial charge in [-0.05, 0) is 64.4 Å². The first-order valence-corrected chi connectivity index (χ1v) is 8.62. The Morgan fingerprint density at radius 1 is 1.35 bits per heavy atom. The van der Waals surface area contributed by atoms with Gasteiger partial charge in [0.15, 0.2) is 0 Å². The molecule has 2 saturated carbocycles. The number of hydrogen-bond acceptors (Lipinski definition) is 4. The van der Waals surface area contributed by atoms with Crippen LogP contribution in [-0.4, -0.2) is 34.0 Å². The molecule has 0 saturated heterocycles.